The van der Waals surface area contributed by atoms with Gasteiger partial charge in [-0.25, -0.2) is 4.98 Å². The number of H-pyrrole nitrogens is 1. The molecule has 0 aliphatic heterocycles. The third kappa shape index (κ3) is 4.36. The molecule has 1 aromatic heterocycles. The predicted molar refractivity (Wildman–Crippen MR) is 89.3 cm³/mol. The van der Waals surface area contributed by atoms with Gasteiger partial charge in [-0.1, -0.05) is 12.1 Å². The summed E-state index contributed by atoms with van der Waals surface area (Å²) in [6.07, 6.45) is 1.27. The van der Waals surface area contributed by atoms with E-state index in [1.807, 2.05) is 6.07 Å². The maximum absolute atomic E-state index is 12.7. The molecule has 0 bridgehead atoms. The summed E-state index contributed by atoms with van der Waals surface area (Å²) in [6, 6.07) is 12.3. The van der Waals surface area contributed by atoms with E-state index in [1.54, 1.807) is 24.3 Å². The summed E-state index contributed by atoms with van der Waals surface area (Å²) in [5.41, 5.74) is 1.44. The van der Waals surface area contributed by atoms with Crippen molar-refractivity contribution in [1.82, 2.24) is 9.97 Å². The summed E-state index contributed by atoms with van der Waals surface area (Å²) in [6.45, 7) is -6.30. The van der Waals surface area contributed by atoms with Crippen LogP contribution in [0.5, 0.6) is 11.5 Å². The number of ether oxygens (including phenoxy) is 2. The monoisotopic (exact) mass is 377 g/mol. The molecule has 0 spiro atoms. The molecule has 0 fully saturated rings. The number of aromatic nitrogens is 2. The van der Waals surface area contributed by atoms with E-state index in [0.717, 1.165) is 12.1 Å². The Balaban J connectivity index is 2.03. The zero-order valence-electron chi connectivity index (χ0n) is 13.5. The number of nitriles is 1. The molecule has 0 saturated heterocycles. The summed E-state index contributed by atoms with van der Waals surface area (Å²) < 4.78 is 58.5. The van der Waals surface area contributed by atoms with Gasteiger partial charge in [0.15, 0.2) is 0 Å². The Morgan fingerprint density at radius 3 is 2.48 bits per heavy atom. The Morgan fingerprint density at radius 1 is 1.07 bits per heavy atom. The quantitative estimate of drug-likeness (QED) is 0.493. The van der Waals surface area contributed by atoms with Crippen molar-refractivity contribution in [2.75, 3.05) is 0 Å². The number of para-hydroxylation sites is 2. The smallest absolute Gasteiger partial charge is 0.387 e. The number of benzene rings is 2. The Labute approximate surface area is 150 Å². The largest absolute Gasteiger partial charge is 0.435 e. The minimum Gasteiger partial charge on any atom is -0.435 e. The van der Waals surface area contributed by atoms with Crippen LogP contribution in [0.3, 0.4) is 0 Å². The Morgan fingerprint density at radius 2 is 1.81 bits per heavy atom. The first-order chi connectivity index (χ1) is 13.0. The topological polar surface area (TPSA) is 70.9 Å². The Hall–Kier alpha value is -3.54. The minimum atomic E-state index is -3.18. The van der Waals surface area contributed by atoms with Gasteiger partial charge in [0.2, 0.25) is 0 Å². The fourth-order valence-corrected chi connectivity index (χ4v) is 2.40. The van der Waals surface area contributed by atoms with Crippen molar-refractivity contribution in [2.24, 2.45) is 0 Å². The molecule has 3 rings (SSSR count). The molecule has 1 N–H and O–H groups in total. The summed E-state index contributed by atoms with van der Waals surface area (Å²) in [7, 11) is 0. The molecule has 2 aromatic carbocycles. The standard InChI is InChI=1S/C18H11F4N3O2/c19-17(20)26-12-6-5-10(15(8-12)27-18(21)22)7-11(9-23)16-24-13-3-1-2-4-14(13)25-16/h1-8,17-18H,(H,24,25). The molecule has 0 aliphatic rings. The highest BCUT2D eigenvalue weighted by Gasteiger charge is 2.14. The van der Waals surface area contributed by atoms with E-state index in [2.05, 4.69) is 19.4 Å². The summed E-state index contributed by atoms with van der Waals surface area (Å²) >= 11 is 0. The molecule has 9 heteroatoms. The first-order valence-corrected chi connectivity index (χ1v) is 7.57. The highest BCUT2D eigenvalue weighted by molar-refractivity contribution is 5.91. The lowest BCUT2D eigenvalue weighted by molar-refractivity contribution is -0.0543. The van der Waals surface area contributed by atoms with E-state index < -0.39 is 19.0 Å². The van der Waals surface area contributed by atoms with Crippen molar-refractivity contribution >= 4 is 22.7 Å². The lowest BCUT2D eigenvalue weighted by Gasteiger charge is -2.11. The van der Waals surface area contributed by atoms with E-state index in [-0.39, 0.29) is 22.7 Å². The number of rotatable bonds is 6. The molecule has 0 atom stereocenters. The SMILES string of the molecule is N#CC(=Cc1ccc(OC(F)F)cc1OC(F)F)c1nc2ccccc2[nH]1. The van der Waals surface area contributed by atoms with Crippen LogP contribution in [-0.2, 0) is 0 Å². The zero-order valence-corrected chi connectivity index (χ0v) is 13.5. The van der Waals surface area contributed by atoms with Crippen molar-refractivity contribution in [2.45, 2.75) is 13.2 Å². The number of hydrogen-bond acceptors (Lipinski definition) is 4. The van der Waals surface area contributed by atoms with Gasteiger partial charge in [-0.05, 0) is 30.3 Å². The molecule has 138 valence electrons. The van der Waals surface area contributed by atoms with Gasteiger partial charge in [-0.3, -0.25) is 0 Å². The highest BCUT2D eigenvalue weighted by Crippen LogP contribution is 2.30. The van der Waals surface area contributed by atoms with Crippen LogP contribution >= 0.6 is 0 Å². The number of allylic oxidation sites excluding steroid dienone is 1. The molecule has 0 aliphatic carbocycles. The number of alkyl halides is 4. The van der Waals surface area contributed by atoms with Crippen LogP contribution in [0.4, 0.5) is 17.6 Å². The Kier molecular flexibility index (Phi) is 5.26. The third-order valence-electron chi connectivity index (χ3n) is 3.49. The molecule has 1 heterocycles. The normalized spacial score (nSPS) is 11.8. The fraction of sp³-hybridized carbons (Fsp3) is 0.111. The maximum atomic E-state index is 12.7. The second-order valence-corrected chi connectivity index (χ2v) is 5.23. The molecule has 0 radical (unpaired) electrons. The van der Waals surface area contributed by atoms with Gasteiger partial charge in [-0.2, -0.15) is 22.8 Å². The molecular formula is C18H11F4N3O2. The number of nitrogens with zero attached hydrogens (tertiary/aromatic N) is 2. The van der Waals surface area contributed by atoms with Gasteiger partial charge in [0.25, 0.3) is 0 Å². The van der Waals surface area contributed by atoms with Crippen LogP contribution in [0.2, 0.25) is 0 Å². The average molecular weight is 377 g/mol. The van der Waals surface area contributed by atoms with Crippen molar-refractivity contribution < 1.29 is 27.0 Å². The number of nitrogens with one attached hydrogen (secondary N) is 1. The second kappa shape index (κ2) is 7.78. The highest BCUT2D eigenvalue weighted by atomic mass is 19.3. The van der Waals surface area contributed by atoms with Crippen LogP contribution in [-0.4, -0.2) is 23.2 Å². The molecular weight excluding hydrogens is 366 g/mol. The van der Waals surface area contributed by atoms with Gasteiger partial charge in [-0.15, -0.1) is 0 Å². The van der Waals surface area contributed by atoms with E-state index in [1.165, 1.54) is 12.1 Å². The average Bonchev–Trinajstić information content (AvgIpc) is 3.04. The van der Waals surface area contributed by atoms with E-state index in [4.69, 9.17) is 0 Å². The number of hydrogen-bond donors (Lipinski definition) is 1. The number of fused-ring (bicyclic) bond motifs is 1. The predicted octanol–water partition coefficient (Wildman–Crippen LogP) is 4.83. The number of halogens is 4. The lowest BCUT2D eigenvalue weighted by Crippen LogP contribution is -2.06. The van der Waals surface area contributed by atoms with E-state index in [0.29, 0.717) is 11.0 Å². The molecule has 27 heavy (non-hydrogen) atoms. The fourth-order valence-electron chi connectivity index (χ4n) is 2.40. The summed E-state index contributed by atoms with van der Waals surface area (Å²) in [4.78, 5) is 7.22. The first-order valence-electron chi connectivity index (χ1n) is 7.57. The molecule has 3 aromatic rings. The van der Waals surface area contributed by atoms with Crippen LogP contribution in [0.15, 0.2) is 42.5 Å². The summed E-state index contributed by atoms with van der Waals surface area (Å²) in [5.74, 6) is -0.526. The molecule has 0 amide bonds. The van der Waals surface area contributed by atoms with Gasteiger partial charge < -0.3 is 14.5 Å². The van der Waals surface area contributed by atoms with Gasteiger partial charge in [0, 0.05) is 11.6 Å². The van der Waals surface area contributed by atoms with Crippen LogP contribution in [0.1, 0.15) is 11.4 Å². The van der Waals surface area contributed by atoms with Crippen molar-refractivity contribution in [1.29, 1.82) is 5.26 Å². The van der Waals surface area contributed by atoms with Gasteiger partial charge >= 0.3 is 13.2 Å². The van der Waals surface area contributed by atoms with Crippen molar-refractivity contribution in [3.63, 3.8) is 0 Å². The molecule has 0 unspecified atom stereocenters. The summed E-state index contributed by atoms with van der Waals surface area (Å²) in [5, 5.41) is 9.42. The van der Waals surface area contributed by atoms with Crippen LogP contribution in [0, 0.1) is 11.3 Å². The number of aromatic amines is 1. The zero-order chi connectivity index (χ0) is 19.4. The van der Waals surface area contributed by atoms with Gasteiger partial charge in [0.1, 0.15) is 23.4 Å². The van der Waals surface area contributed by atoms with Crippen LogP contribution in [0.25, 0.3) is 22.7 Å². The molecule has 5 nitrogen and oxygen atoms in total. The van der Waals surface area contributed by atoms with Crippen molar-refractivity contribution in [3.8, 4) is 17.6 Å². The molecule has 0 saturated carbocycles. The third-order valence-corrected chi connectivity index (χ3v) is 3.49. The first kappa shape index (κ1) is 18.3. The van der Waals surface area contributed by atoms with Crippen LogP contribution < -0.4 is 9.47 Å². The van der Waals surface area contributed by atoms with E-state index >= 15 is 0 Å². The maximum Gasteiger partial charge on any atom is 0.387 e. The lowest BCUT2D eigenvalue weighted by atomic mass is 10.1. The number of imidazole rings is 1. The second-order valence-electron chi connectivity index (χ2n) is 5.23. The van der Waals surface area contributed by atoms with Gasteiger partial charge in [0.05, 0.1) is 16.6 Å². The Bertz CT molecular complexity index is 992. The van der Waals surface area contributed by atoms with E-state index in [9.17, 15) is 22.8 Å². The minimum absolute atomic E-state index is 0.0489. The van der Waals surface area contributed by atoms with Crippen molar-refractivity contribution in [3.05, 3.63) is 53.9 Å².